The van der Waals surface area contributed by atoms with Gasteiger partial charge in [-0.25, -0.2) is 0 Å². The van der Waals surface area contributed by atoms with Crippen molar-refractivity contribution in [2.75, 3.05) is 18.5 Å². The molecule has 0 aromatic heterocycles. The minimum Gasteiger partial charge on any atom is -0.494 e. The molecule has 0 aliphatic carbocycles. The summed E-state index contributed by atoms with van der Waals surface area (Å²) in [6, 6.07) is 7.98. The van der Waals surface area contributed by atoms with E-state index in [0.29, 0.717) is 6.61 Å². The van der Waals surface area contributed by atoms with Gasteiger partial charge in [0.15, 0.2) is 0 Å². The zero-order valence-electron chi connectivity index (χ0n) is 9.34. The number of hydrogen-bond acceptors (Lipinski definition) is 2. The highest BCUT2D eigenvalue weighted by Gasteiger charge is 1.94. The maximum atomic E-state index is 5.41. The average Bonchev–Trinajstić information content (AvgIpc) is 2.26. The lowest BCUT2D eigenvalue weighted by atomic mass is 10.3. The Labute approximate surface area is 91.6 Å². The molecule has 1 rings (SSSR count). The summed E-state index contributed by atoms with van der Waals surface area (Å²) in [5, 5.41) is 3.30. The summed E-state index contributed by atoms with van der Waals surface area (Å²) in [4.78, 5) is 0. The molecule has 0 unspecified atom stereocenters. The molecule has 2 heteroatoms. The molecule has 0 aliphatic rings. The first kappa shape index (κ1) is 11.5. The molecular formula is C13H17NO. The van der Waals surface area contributed by atoms with Gasteiger partial charge in [0.25, 0.3) is 0 Å². The van der Waals surface area contributed by atoms with Gasteiger partial charge >= 0.3 is 0 Å². The molecule has 1 aromatic carbocycles. The molecule has 2 nitrogen and oxygen atoms in total. The molecular weight excluding hydrogens is 186 g/mol. The van der Waals surface area contributed by atoms with Crippen molar-refractivity contribution in [2.45, 2.75) is 20.3 Å². The zero-order chi connectivity index (χ0) is 10.9. The van der Waals surface area contributed by atoms with Crippen LogP contribution in [0, 0.1) is 11.8 Å². The Balaban J connectivity index is 2.45. The predicted molar refractivity (Wildman–Crippen MR) is 64.2 cm³/mol. The molecule has 0 bridgehead atoms. The van der Waals surface area contributed by atoms with Crippen molar-refractivity contribution in [1.29, 1.82) is 0 Å². The van der Waals surface area contributed by atoms with Gasteiger partial charge in [0, 0.05) is 24.7 Å². The number of hydrogen-bond donors (Lipinski definition) is 1. The normalized spacial score (nSPS) is 8.93. The smallest absolute Gasteiger partial charge is 0.121 e. The second-order valence-corrected chi connectivity index (χ2v) is 3.06. The molecule has 0 aliphatic heterocycles. The molecule has 1 N–H and O–H groups in total. The molecule has 0 saturated heterocycles. The lowest BCUT2D eigenvalue weighted by Crippen LogP contribution is -2.00. The van der Waals surface area contributed by atoms with E-state index in [9.17, 15) is 0 Å². The number of rotatable bonds is 5. The number of nitrogens with one attached hydrogen (secondary N) is 1. The van der Waals surface area contributed by atoms with E-state index >= 15 is 0 Å². The van der Waals surface area contributed by atoms with E-state index < -0.39 is 0 Å². The lowest BCUT2D eigenvalue weighted by molar-refractivity contribution is 0.340. The van der Waals surface area contributed by atoms with Gasteiger partial charge < -0.3 is 10.1 Å². The van der Waals surface area contributed by atoms with Crippen LogP contribution in [0.5, 0.6) is 5.75 Å². The van der Waals surface area contributed by atoms with Gasteiger partial charge in [-0.1, -0.05) is 6.07 Å². The SMILES string of the molecule is CC#CCCNc1cccc(OCC)c1. The number of anilines is 1. The van der Waals surface area contributed by atoms with Crippen LogP contribution in [0.4, 0.5) is 5.69 Å². The molecule has 0 radical (unpaired) electrons. The van der Waals surface area contributed by atoms with Crippen LogP contribution < -0.4 is 10.1 Å². The first-order valence-electron chi connectivity index (χ1n) is 5.23. The number of benzene rings is 1. The molecule has 0 fully saturated rings. The Bertz CT molecular complexity index is 349. The molecule has 80 valence electrons. The van der Waals surface area contributed by atoms with Crippen molar-refractivity contribution < 1.29 is 4.74 Å². The van der Waals surface area contributed by atoms with Crippen molar-refractivity contribution in [3.8, 4) is 17.6 Å². The predicted octanol–water partition coefficient (Wildman–Crippen LogP) is 2.91. The highest BCUT2D eigenvalue weighted by atomic mass is 16.5. The van der Waals surface area contributed by atoms with E-state index in [-0.39, 0.29) is 0 Å². The van der Waals surface area contributed by atoms with E-state index in [0.717, 1.165) is 24.4 Å². The van der Waals surface area contributed by atoms with Crippen LogP contribution in [0.25, 0.3) is 0 Å². The van der Waals surface area contributed by atoms with Crippen LogP contribution in [-0.4, -0.2) is 13.2 Å². The zero-order valence-corrected chi connectivity index (χ0v) is 9.34. The summed E-state index contributed by atoms with van der Waals surface area (Å²) in [6.07, 6.45) is 0.870. The van der Waals surface area contributed by atoms with Crippen LogP contribution in [0.1, 0.15) is 20.3 Å². The van der Waals surface area contributed by atoms with Crippen LogP contribution in [0.2, 0.25) is 0 Å². The molecule has 0 amide bonds. The van der Waals surface area contributed by atoms with Gasteiger partial charge in [-0.3, -0.25) is 0 Å². The average molecular weight is 203 g/mol. The van der Waals surface area contributed by atoms with Crippen LogP contribution in [0.3, 0.4) is 0 Å². The van der Waals surface area contributed by atoms with Gasteiger partial charge in [0.1, 0.15) is 5.75 Å². The van der Waals surface area contributed by atoms with Gasteiger partial charge in [-0.05, 0) is 26.0 Å². The summed E-state index contributed by atoms with van der Waals surface area (Å²) >= 11 is 0. The van der Waals surface area contributed by atoms with Crippen LogP contribution in [-0.2, 0) is 0 Å². The van der Waals surface area contributed by atoms with E-state index in [2.05, 4.69) is 17.2 Å². The minimum absolute atomic E-state index is 0.699. The van der Waals surface area contributed by atoms with Crippen molar-refractivity contribution >= 4 is 5.69 Å². The van der Waals surface area contributed by atoms with Gasteiger partial charge in [-0.2, -0.15) is 0 Å². The van der Waals surface area contributed by atoms with Crippen LogP contribution in [0.15, 0.2) is 24.3 Å². The first-order valence-corrected chi connectivity index (χ1v) is 5.23. The Kier molecular flexibility index (Phi) is 5.18. The van der Waals surface area contributed by atoms with Crippen molar-refractivity contribution in [2.24, 2.45) is 0 Å². The second kappa shape index (κ2) is 6.78. The Hall–Kier alpha value is -1.62. The standard InChI is InChI=1S/C13H17NO/c1-3-5-6-10-14-12-8-7-9-13(11-12)15-4-2/h7-9,11,14H,4,6,10H2,1-2H3. The Morgan fingerprint density at radius 1 is 1.40 bits per heavy atom. The number of ether oxygens (including phenoxy) is 1. The van der Waals surface area contributed by atoms with Crippen molar-refractivity contribution in [3.05, 3.63) is 24.3 Å². The highest BCUT2D eigenvalue weighted by Crippen LogP contribution is 2.16. The van der Waals surface area contributed by atoms with Gasteiger partial charge in [0.2, 0.25) is 0 Å². The minimum atomic E-state index is 0.699. The molecule has 1 aromatic rings. The summed E-state index contributed by atoms with van der Waals surface area (Å²) in [6.45, 7) is 5.41. The third kappa shape index (κ3) is 4.42. The fourth-order valence-corrected chi connectivity index (χ4v) is 1.26. The monoisotopic (exact) mass is 203 g/mol. The fraction of sp³-hybridized carbons (Fsp3) is 0.385. The first-order chi connectivity index (χ1) is 7.36. The third-order valence-corrected chi connectivity index (χ3v) is 1.90. The van der Waals surface area contributed by atoms with Gasteiger partial charge in [-0.15, -0.1) is 11.8 Å². The quantitative estimate of drug-likeness (QED) is 0.587. The molecule has 15 heavy (non-hydrogen) atoms. The third-order valence-electron chi connectivity index (χ3n) is 1.90. The summed E-state index contributed by atoms with van der Waals surface area (Å²) in [5.74, 6) is 6.79. The van der Waals surface area contributed by atoms with E-state index in [1.807, 2.05) is 38.1 Å². The topological polar surface area (TPSA) is 21.3 Å². The summed E-state index contributed by atoms with van der Waals surface area (Å²) in [5.41, 5.74) is 1.08. The van der Waals surface area contributed by atoms with E-state index in [1.165, 1.54) is 0 Å². The summed E-state index contributed by atoms with van der Waals surface area (Å²) in [7, 11) is 0. The maximum Gasteiger partial charge on any atom is 0.121 e. The van der Waals surface area contributed by atoms with Gasteiger partial charge in [0.05, 0.1) is 6.61 Å². The molecule has 0 atom stereocenters. The van der Waals surface area contributed by atoms with E-state index in [1.54, 1.807) is 0 Å². The van der Waals surface area contributed by atoms with Crippen molar-refractivity contribution in [1.82, 2.24) is 0 Å². The van der Waals surface area contributed by atoms with E-state index in [4.69, 9.17) is 4.74 Å². The highest BCUT2D eigenvalue weighted by molar-refractivity contribution is 5.48. The summed E-state index contributed by atoms with van der Waals surface area (Å²) < 4.78 is 5.41. The lowest BCUT2D eigenvalue weighted by Gasteiger charge is -2.07. The largest absolute Gasteiger partial charge is 0.494 e. The van der Waals surface area contributed by atoms with Crippen molar-refractivity contribution in [3.63, 3.8) is 0 Å². The Morgan fingerprint density at radius 2 is 2.27 bits per heavy atom. The second-order valence-electron chi connectivity index (χ2n) is 3.06. The Morgan fingerprint density at radius 3 is 3.00 bits per heavy atom. The maximum absolute atomic E-state index is 5.41. The molecule has 0 saturated carbocycles. The molecule has 0 spiro atoms. The fourth-order valence-electron chi connectivity index (χ4n) is 1.26. The van der Waals surface area contributed by atoms with Crippen LogP contribution >= 0.6 is 0 Å². The molecule has 0 heterocycles.